The molecule has 0 spiro atoms. The number of methoxy groups -OCH3 is 1. The molecule has 0 N–H and O–H groups in total. The summed E-state index contributed by atoms with van der Waals surface area (Å²) in [5.41, 5.74) is 1.70. The zero-order valence-corrected chi connectivity index (χ0v) is 12.1. The summed E-state index contributed by atoms with van der Waals surface area (Å²) in [6.07, 6.45) is 1.23. The lowest BCUT2D eigenvalue weighted by Crippen LogP contribution is -2.47. The number of rotatable bonds is 3. The maximum atomic E-state index is 5.36. The standard InChI is InChI=1S/C16H25NO/c1-5-17-10-9-16(3,13(2)12-17)14-7-6-8-15(11-14)18-4/h6-8,11,13H,5,9-10,12H2,1-4H3. The van der Waals surface area contributed by atoms with Gasteiger partial charge in [0.15, 0.2) is 0 Å². The van der Waals surface area contributed by atoms with Crippen molar-refractivity contribution < 1.29 is 4.74 Å². The average Bonchev–Trinajstić information content (AvgIpc) is 2.42. The maximum absolute atomic E-state index is 5.36. The third-order valence-corrected chi connectivity index (χ3v) is 4.74. The molecule has 0 aromatic heterocycles. The topological polar surface area (TPSA) is 12.5 Å². The van der Waals surface area contributed by atoms with E-state index in [1.165, 1.54) is 31.6 Å². The van der Waals surface area contributed by atoms with Crippen molar-refractivity contribution in [2.24, 2.45) is 5.92 Å². The molecular weight excluding hydrogens is 222 g/mol. The molecule has 0 aliphatic carbocycles. The Kier molecular flexibility index (Phi) is 3.96. The molecule has 0 radical (unpaired) electrons. The van der Waals surface area contributed by atoms with Gasteiger partial charge >= 0.3 is 0 Å². The minimum atomic E-state index is 0.278. The molecule has 0 bridgehead atoms. The van der Waals surface area contributed by atoms with Crippen LogP contribution in [0.2, 0.25) is 0 Å². The Bertz CT molecular complexity index is 404. The molecule has 1 aliphatic rings. The molecule has 1 saturated heterocycles. The number of hydrogen-bond acceptors (Lipinski definition) is 2. The maximum Gasteiger partial charge on any atom is 0.119 e. The quantitative estimate of drug-likeness (QED) is 0.812. The Labute approximate surface area is 111 Å². The molecule has 2 unspecified atom stereocenters. The first kappa shape index (κ1) is 13.4. The van der Waals surface area contributed by atoms with Crippen LogP contribution in [0.15, 0.2) is 24.3 Å². The van der Waals surface area contributed by atoms with Crippen LogP contribution in [-0.4, -0.2) is 31.6 Å². The van der Waals surface area contributed by atoms with Crippen molar-refractivity contribution in [3.63, 3.8) is 0 Å². The van der Waals surface area contributed by atoms with Crippen LogP contribution in [0.25, 0.3) is 0 Å². The summed E-state index contributed by atoms with van der Waals surface area (Å²) in [7, 11) is 1.74. The lowest BCUT2D eigenvalue weighted by atomic mass is 9.68. The van der Waals surface area contributed by atoms with E-state index in [4.69, 9.17) is 4.74 Å². The number of likely N-dealkylation sites (tertiary alicyclic amines) is 1. The molecule has 1 aliphatic heterocycles. The van der Waals surface area contributed by atoms with Gasteiger partial charge in [-0.1, -0.05) is 32.9 Å². The van der Waals surface area contributed by atoms with Crippen molar-refractivity contribution in [2.45, 2.75) is 32.6 Å². The number of piperidine rings is 1. The predicted molar refractivity (Wildman–Crippen MR) is 76.2 cm³/mol. The molecule has 18 heavy (non-hydrogen) atoms. The largest absolute Gasteiger partial charge is 0.497 e. The number of ether oxygens (including phenoxy) is 1. The molecule has 1 aromatic rings. The Balaban J connectivity index is 2.25. The van der Waals surface area contributed by atoms with Gasteiger partial charge in [0.25, 0.3) is 0 Å². The van der Waals surface area contributed by atoms with E-state index in [-0.39, 0.29) is 5.41 Å². The molecule has 0 saturated carbocycles. The van der Waals surface area contributed by atoms with Gasteiger partial charge in [-0.2, -0.15) is 0 Å². The van der Waals surface area contributed by atoms with Gasteiger partial charge in [-0.15, -0.1) is 0 Å². The van der Waals surface area contributed by atoms with Crippen LogP contribution in [-0.2, 0) is 5.41 Å². The first-order valence-corrected chi connectivity index (χ1v) is 6.97. The molecular formula is C16H25NO. The van der Waals surface area contributed by atoms with Gasteiger partial charge in [0.1, 0.15) is 5.75 Å². The Hall–Kier alpha value is -1.02. The first-order valence-electron chi connectivity index (χ1n) is 6.97. The van der Waals surface area contributed by atoms with Crippen LogP contribution in [0.1, 0.15) is 32.8 Å². The average molecular weight is 247 g/mol. The molecule has 1 fully saturated rings. The minimum absolute atomic E-state index is 0.278. The molecule has 1 aromatic carbocycles. The fourth-order valence-corrected chi connectivity index (χ4v) is 3.01. The molecule has 100 valence electrons. The number of hydrogen-bond donors (Lipinski definition) is 0. The fourth-order valence-electron chi connectivity index (χ4n) is 3.01. The Morgan fingerprint density at radius 3 is 2.83 bits per heavy atom. The van der Waals surface area contributed by atoms with Crippen molar-refractivity contribution >= 4 is 0 Å². The zero-order chi connectivity index (χ0) is 13.2. The van der Waals surface area contributed by atoms with Crippen molar-refractivity contribution in [2.75, 3.05) is 26.7 Å². The van der Waals surface area contributed by atoms with E-state index < -0.39 is 0 Å². The summed E-state index contributed by atoms with van der Waals surface area (Å²) in [6.45, 7) is 10.6. The Morgan fingerprint density at radius 1 is 1.44 bits per heavy atom. The van der Waals surface area contributed by atoms with Crippen LogP contribution in [0.4, 0.5) is 0 Å². The van der Waals surface area contributed by atoms with E-state index in [9.17, 15) is 0 Å². The van der Waals surface area contributed by atoms with E-state index in [2.05, 4.69) is 43.9 Å². The van der Waals surface area contributed by atoms with Crippen LogP contribution in [0.3, 0.4) is 0 Å². The van der Waals surface area contributed by atoms with Gasteiger partial charge in [-0.25, -0.2) is 0 Å². The first-order chi connectivity index (χ1) is 8.60. The highest BCUT2D eigenvalue weighted by Gasteiger charge is 2.37. The predicted octanol–water partition coefficient (Wildman–Crippen LogP) is 3.31. The van der Waals surface area contributed by atoms with Crippen LogP contribution < -0.4 is 4.74 Å². The third-order valence-electron chi connectivity index (χ3n) is 4.74. The summed E-state index contributed by atoms with van der Waals surface area (Å²) in [6, 6.07) is 8.59. The van der Waals surface area contributed by atoms with Gasteiger partial charge < -0.3 is 9.64 Å². The summed E-state index contributed by atoms with van der Waals surface area (Å²) in [5.74, 6) is 1.65. The van der Waals surface area contributed by atoms with Crippen molar-refractivity contribution in [3.05, 3.63) is 29.8 Å². The zero-order valence-electron chi connectivity index (χ0n) is 12.1. The lowest BCUT2D eigenvalue weighted by Gasteiger charge is -2.45. The van der Waals surface area contributed by atoms with Crippen molar-refractivity contribution in [1.82, 2.24) is 4.90 Å². The van der Waals surface area contributed by atoms with Gasteiger partial charge in [-0.3, -0.25) is 0 Å². The highest BCUT2D eigenvalue weighted by molar-refractivity contribution is 5.34. The van der Waals surface area contributed by atoms with Gasteiger partial charge in [0.2, 0.25) is 0 Å². The Morgan fingerprint density at radius 2 is 2.22 bits per heavy atom. The molecule has 2 atom stereocenters. The smallest absolute Gasteiger partial charge is 0.119 e. The van der Waals surface area contributed by atoms with E-state index in [0.717, 1.165) is 5.75 Å². The summed E-state index contributed by atoms with van der Waals surface area (Å²) in [5, 5.41) is 0. The second-order valence-electron chi connectivity index (χ2n) is 5.69. The fraction of sp³-hybridized carbons (Fsp3) is 0.625. The van der Waals surface area contributed by atoms with Crippen LogP contribution in [0, 0.1) is 5.92 Å². The van der Waals surface area contributed by atoms with Crippen LogP contribution >= 0.6 is 0 Å². The van der Waals surface area contributed by atoms with Gasteiger partial charge in [-0.05, 0) is 48.5 Å². The van der Waals surface area contributed by atoms with Gasteiger partial charge in [0.05, 0.1) is 7.11 Å². The van der Waals surface area contributed by atoms with E-state index in [1.807, 2.05) is 6.07 Å². The second kappa shape index (κ2) is 5.31. The van der Waals surface area contributed by atoms with Crippen LogP contribution in [0.5, 0.6) is 5.75 Å². The highest BCUT2D eigenvalue weighted by Crippen LogP contribution is 2.40. The molecule has 0 amide bonds. The van der Waals surface area contributed by atoms with Crippen molar-refractivity contribution in [1.29, 1.82) is 0 Å². The highest BCUT2D eigenvalue weighted by atomic mass is 16.5. The lowest BCUT2D eigenvalue weighted by molar-refractivity contribution is 0.116. The third kappa shape index (κ3) is 2.39. The summed E-state index contributed by atoms with van der Waals surface area (Å²) in [4.78, 5) is 2.55. The summed E-state index contributed by atoms with van der Waals surface area (Å²) >= 11 is 0. The molecule has 2 heteroatoms. The minimum Gasteiger partial charge on any atom is -0.497 e. The van der Waals surface area contributed by atoms with Gasteiger partial charge in [0, 0.05) is 6.54 Å². The monoisotopic (exact) mass is 247 g/mol. The molecule has 2 nitrogen and oxygen atoms in total. The normalized spacial score (nSPS) is 29.2. The number of benzene rings is 1. The second-order valence-corrected chi connectivity index (χ2v) is 5.69. The van der Waals surface area contributed by atoms with E-state index in [0.29, 0.717) is 5.92 Å². The van der Waals surface area contributed by atoms with E-state index in [1.54, 1.807) is 7.11 Å². The number of nitrogens with zero attached hydrogens (tertiary/aromatic N) is 1. The van der Waals surface area contributed by atoms with Crippen molar-refractivity contribution in [3.8, 4) is 5.75 Å². The SMILES string of the molecule is CCN1CCC(C)(c2cccc(OC)c2)C(C)C1. The molecule has 1 heterocycles. The summed E-state index contributed by atoms with van der Waals surface area (Å²) < 4.78 is 5.36. The molecule has 2 rings (SSSR count). The van der Waals surface area contributed by atoms with E-state index >= 15 is 0 Å².